The number of methoxy groups -OCH3 is 2. The topological polar surface area (TPSA) is 110 Å². The Morgan fingerprint density at radius 3 is 2.48 bits per heavy atom. The zero-order valence-electron chi connectivity index (χ0n) is 22.5. The second-order valence-electron chi connectivity index (χ2n) is 9.01. The van der Waals surface area contributed by atoms with E-state index in [0.717, 1.165) is 26.5 Å². The van der Waals surface area contributed by atoms with Gasteiger partial charge in [0, 0.05) is 35.4 Å². The van der Waals surface area contributed by atoms with Gasteiger partial charge in [-0.05, 0) is 79.6 Å². The Kier molecular flexibility index (Phi) is 9.34. The molecule has 9 nitrogen and oxygen atoms in total. The summed E-state index contributed by atoms with van der Waals surface area (Å²) in [5.74, 6) is 0.327. The van der Waals surface area contributed by atoms with E-state index in [1.165, 1.54) is 20.3 Å². The molecule has 0 bridgehead atoms. The van der Waals surface area contributed by atoms with Gasteiger partial charge in [0.1, 0.15) is 22.9 Å². The summed E-state index contributed by atoms with van der Waals surface area (Å²) in [4.78, 5) is 17.3. The second kappa shape index (κ2) is 12.9. The van der Waals surface area contributed by atoms with E-state index in [1.54, 1.807) is 55.6 Å². The maximum Gasteiger partial charge on any atom is 0.268 e. The number of hydrogen-bond donors (Lipinski definition) is 2. The van der Waals surface area contributed by atoms with Crippen molar-refractivity contribution in [2.45, 2.75) is 18.2 Å². The minimum atomic E-state index is -4.15. The van der Waals surface area contributed by atoms with Crippen molar-refractivity contribution in [3.05, 3.63) is 83.5 Å². The Labute approximate surface area is 239 Å². The number of halogens is 1. The largest absolute Gasteiger partial charge is 0.497 e. The monoisotopic (exact) mass is 582 g/mol. The molecule has 210 valence electrons. The van der Waals surface area contributed by atoms with Crippen LogP contribution in [0.25, 0.3) is 10.9 Å². The summed E-state index contributed by atoms with van der Waals surface area (Å²) in [6, 6.07) is 18.8. The molecule has 4 aromatic rings. The quantitative estimate of drug-likeness (QED) is 0.226. The van der Waals surface area contributed by atoms with Crippen LogP contribution in [0, 0.1) is 6.92 Å². The number of ether oxygens (including phenoxy) is 2. The summed E-state index contributed by atoms with van der Waals surface area (Å²) in [6.45, 7) is 2.32. The van der Waals surface area contributed by atoms with E-state index in [4.69, 9.17) is 21.1 Å². The lowest BCUT2D eigenvalue weighted by Crippen LogP contribution is -2.41. The number of nitrogens with zero attached hydrogens (tertiary/aromatic N) is 2. The Morgan fingerprint density at radius 1 is 0.975 bits per heavy atom. The van der Waals surface area contributed by atoms with Crippen LogP contribution in [0.2, 0.25) is 5.02 Å². The van der Waals surface area contributed by atoms with Crippen molar-refractivity contribution >= 4 is 49.8 Å². The number of anilines is 2. The van der Waals surface area contributed by atoms with Crippen LogP contribution in [0.3, 0.4) is 0 Å². The number of hydrogen-bond acceptors (Lipinski definition) is 7. The third-order valence-electron chi connectivity index (χ3n) is 6.23. The minimum absolute atomic E-state index is 0.0197. The highest BCUT2D eigenvalue weighted by Gasteiger charge is 2.30. The molecule has 4 rings (SSSR count). The third kappa shape index (κ3) is 6.75. The molecule has 0 unspecified atom stereocenters. The van der Waals surface area contributed by atoms with Crippen molar-refractivity contribution in [3.63, 3.8) is 0 Å². The highest BCUT2D eigenvalue weighted by molar-refractivity contribution is 7.93. The van der Waals surface area contributed by atoms with Crippen molar-refractivity contribution in [1.82, 2.24) is 10.3 Å². The summed E-state index contributed by atoms with van der Waals surface area (Å²) in [6.07, 6.45) is 2.32. The Morgan fingerprint density at radius 2 is 1.75 bits per heavy atom. The lowest BCUT2D eigenvalue weighted by Gasteiger charge is -2.25. The van der Waals surface area contributed by atoms with Crippen LogP contribution in [0.15, 0.2) is 77.8 Å². The number of aryl methyl sites for hydroxylation is 1. The van der Waals surface area contributed by atoms with Gasteiger partial charge in [0.25, 0.3) is 10.0 Å². The molecular formula is C29H31ClN4O5S. The van der Waals surface area contributed by atoms with Gasteiger partial charge in [-0.15, -0.1) is 0 Å². The molecular weight excluding hydrogens is 552 g/mol. The number of benzene rings is 3. The van der Waals surface area contributed by atoms with Gasteiger partial charge in [0.2, 0.25) is 5.91 Å². The SMILES string of the molecule is COc1ccc(N(CC(=O)NCCCNc2ccnc3cc(Cl)ccc23)S(=O)(=O)c2cc(C)ccc2OC)cc1. The standard InChI is InChI=1S/C29H31ClN4O5S/c1-20-5-12-27(39-3)28(17-20)40(36,37)34(22-7-9-23(38-2)10-8-22)19-29(35)33-15-4-14-31-25-13-16-32-26-18-21(30)6-11-24(25)26/h5-13,16-18H,4,14-15,19H2,1-3H3,(H,31,32)(H,33,35). The number of rotatable bonds is 12. The normalized spacial score (nSPS) is 11.2. The summed E-state index contributed by atoms with van der Waals surface area (Å²) in [5, 5.41) is 7.75. The van der Waals surface area contributed by atoms with Gasteiger partial charge >= 0.3 is 0 Å². The molecule has 3 aromatic carbocycles. The number of pyridine rings is 1. The average Bonchev–Trinajstić information content (AvgIpc) is 2.95. The number of aromatic nitrogens is 1. The van der Waals surface area contributed by atoms with Gasteiger partial charge in [-0.25, -0.2) is 8.42 Å². The lowest BCUT2D eigenvalue weighted by atomic mass is 10.2. The average molecular weight is 583 g/mol. The van der Waals surface area contributed by atoms with E-state index in [9.17, 15) is 13.2 Å². The predicted octanol–water partition coefficient (Wildman–Crippen LogP) is 5.03. The van der Waals surface area contributed by atoms with Crippen LogP contribution in [0.4, 0.5) is 11.4 Å². The summed E-state index contributed by atoms with van der Waals surface area (Å²) in [5.41, 5.74) is 2.77. The molecule has 0 saturated carbocycles. The van der Waals surface area contributed by atoms with E-state index in [1.807, 2.05) is 18.2 Å². The molecule has 1 amide bonds. The predicted molar refractivity (Wildman–Crippen MR) is 158 cm³/mol. The smallest absolute Gasteiger partial charge is 0.268 e. The third-order valence-corrected chi connectivity index (χ3v) is 8.26. The number of carbonyl (C=O) groups is 1. The molecule has 1 heterocycles. The van der Waals surface area contributed by atoms with Crippen molar-refractivity contribution in [3.8, 4) is 11.5 Å². The van der Waals surface area contributed by atoms with Crippen molar-refractivity contribution < 1.29 is 22.7 Å². The molecule has 40 heavy (non-hydrogen) atoms. The highest BCUT2D eigenvalue weighted by atomic mass is 35.5. The molecule has 0 radical (unpaired) electrons. The summed E-state index contributed by atoms with van der Waals surface area (Å²) >= 11 is 6.07. The van der Waals surface area contributed by atoms with Crippen LogP contribution >= 0.6 is 11.6 Å². The van der Waals surface area contributed by atoms with Crippen LogP contribution in [0.1, 0.15) is 12.0 Å². The molecule has 0 fully saturated rings. The van der Waals surface area contributed by atoms with E-state index in [0.29, 0.717) is 36.0 Å². The maximum atomic E-state index is 13.8. The first-order valence-corrected chi connectivity index (χ1v) is 14.4. The fourth-order valence-electron chi connectivity index (χ4n) is 4.17. The van der Waals surface area contributed by atoms with Gasteiger partial charge in [0.15, 0.2) is 0 Å². The summed E-state index contributed by atoms with van der Waals surface area (Å²) in [7, 11) is -1.22. The van der Waals surface area contributed by atoms with Crippen LogP contribution in [-0.2, 0) is 14.8 Å². The second-order valence-corrected chi connectivity index (χ2v) is 11.3. The van der Waals surface area contributed by atoms with Crippen LogP contribution in [0.5, 0.6) is 11.5 Å². The van der Waals surface area contributed by atoms with Crippen LogP contribution < -0.4 is 24.4 Å². The van der Waals surface area contributed by atoms with Gasteiger partial charge < -0.3 is 20.1 Å². The molecule has 0 aliphatic carbocycles. The van der Waals surface area contributed by atoms with Gasteiger partial charge in [-0.1, -0.05) is 17.7 Å². The molecule has 0 aliphatic rings. The zero-order chi connectivity index (χ0) is 28.7. The van der Waals surface area contributed by atoms with Crippen molar-refractivity contribution in [2.75, 3.05) is 43.5 Å². The molecule has 0 saturated heterocycles. The van der Waals surface area contributed by atoms with E-state index >= 15 is 0 Å². The van der Waals surface area contributed by atoms with E-state index in [2.05, 4.69) is 15.6 Å². The highest BCUT2D eigenvalue weighted by Crippen LogP contribution is 2.31. The lowest BCUT2D eigenvalue weighted by molar-refractivity contribution is -0.119. The van der Waals surface area contributed by atoms with Crippen LogP contribution in [-0.4, -0.2) is 53.2 Å². The molecule has 0 aliphatic heterocycles. The first-order chi connectivity index (χ1) is 19.2. The fourth-order valence-corrected chi connectivity index (χ4v) is 6.00. The van der Waals surface area contributed by atoms with Gasteiger partial charge in [-0.2, -0.15) is 0 Å². The van der Waals surface area contributed by atoms with Gasteiger partial charge in [-0.3, -0.25) is 14.1 Å². The maximum absolute atomic E-state index is 13.8. The van der Waals surface area contributed by atoms with Crippen molar-refractivity contribution in [1.29, 1.82) is 0 Å². The minimum Gasteiger partial charge on any atom is -0.497 e. The zero-order valence-corrected chi connectivity index (χ0v) is 24.1. The molecule has 0 atom stereocenters. The first-order valence-electron chi connectivity index (χ1n) is 12.6. The number of carbonyl (C=O) groups excluding carboxylic acids is 1. The molecule has 11 heteroatoms. The number of sulfonamides is 1. The van der Waals surface area contributed by atoms with E-state index in [-0.39, 0.29) is 10.6 Å². The Hall–Kier alpha value is -4.02. The molecule has 2 N–H and O–H groups in total. The van der Waals surface area contributed by atoms with Gasteiger partial charge in [0.05, 0.1) is 25.4 Å². The number of amides is 1. The molecule has 0 spiro atoms. The number of fused-ring (bicyclic) bond motifs is 1. The fraction of sp³-hybridized carbons (Fsp3) is 0.241. The number of nitrogens with one attached hydrogen (secondary N) is 2. The molecule has 1 aromatic heterocycles. The summed E-state index contributed by atoms with van der Waals surface area (Å²) < 4.78 is 39.3. The van der Waals surface area contributed by atoms with Crippen molar-refractivity contribution in [2.24, 2.45) is 0 Å². The Bertz CT molecular complexity index is 1600. The van der Waals surface area contributed by atoms with E-state index < -0.39 is 22.5 Å². The first kappa shape index (κ1) is 29.0. The Balaban J connectivity index is 1.44.